The maximum absolute atomic E-state index is 13.2. The number of hydrogen-bond donors (Lipinski definition) is 2. The topological polar surface area (TPSA) is 98.8 Å². The van der Waals surface area contributed by atoms with E-state index < -0.39 is 0 Å². The molecule has 12 heteroatoms. The van der Waals surface area contributed by atoms with Crippen molar-refractivity contribution in [1.82, 2.24) is 20.4 Å². The second kappa shape index (κ2) is 18.9. The standard InChI is InChI=1S/C34H40N4O4S4/c39-27(35-21-19-25-13-5-1-6-14-25)17-9-3-11-23-37-31(41)29(45-33(37)43)30-32(42)38(34(44)46-30)24-12-4-10-18-28(40)36-22-20-26-15-7-2-8-16-26/h1-2,5-8,13-16H,3-4,9-12,17-24H2,(H,35,39)(H,36,40). The Bertz CT molecular complexity index is 1330. The first-order chi connectivity index (χ1) is 22.3. The van der Waals surface area contributed by atoms with Gasteiger partial charge in [0, 0.05) is 39.0 Å². The first-order valence-electron chi connectivity index (χ1n) is 15.8. The number of thiocarbonyl (C=S) groups is 2. The number of rotatable bonds is 18. The Morgan fingerprint density at radius 2 is 0.978 bits per heavy atom. The van der Waals surface area contributed by atoms with E-state index in [-0.39, 0.29) is 23.6 Å². The Hall–Kier alpha value is -3.06. The lowest BCUT2D eigenvalue weighted by Gasteiger charge is -2.14. The molecule has 2 aromatic rings. The number of nitrogens with one attached hydrogen (secondary N) is 2. The van der Waals surface area contributed by atoms with Gasteiger partial charge >= 0.3 is 0 Å². The smallest absolute Gasteiger partial charge is 0.267 e. The molecule has 0 spiro atoms. The normalized spacial score (nSPS) is 16.4. The van der Waals surface area contributed by atoms with Crippen LogP contribution in [-0.2, 0) is 32.0 Å². The van der Waals surface area contributed by atoms with Crippen LogP contribution in [-0.4, -0.2) is 68.2 Å². The van der Waals surface area contributed by atoms with Gasteiger partial charge < -0.3 is 10.6 Å². The highest BCUT2D eigenvalue weighted by atomic mass is 32.2. The monoisotopic (exact) mass is 696 g/mol. The molecule has 2 heterocycles. The van der Waals surface area contributed by atoms with Crippen LogP contribution in [0.3, 0.4) is 0 Å². The fourth-order valence-corrected chi connectivity index (χ4v) is 7.85. The van der Waals surface area contributed by atoms with Crippen molar-refractivity contribution < 1.29 is 19.2 Å². The minimum absolute atomic E-state index is 0.0311. The van der Waals surface area contributed by atoms with Crippen molar-refractivity contribution in [2.24, 2.45) is 0 Å². The Labute approximate surface area is 290 Å². The molecule has 2 aliphatic heterocycles. The number of hydrogen-bond acceptors (Lipinski definition) is 8. The van der Waals surface area contributed by atoms with Crippen molar-refractivity contribution in [1.29, 1.82) is 0 Å². The molecule has 2 N–H and O–H groups in total. The van der Waals surface area contributed by atoms with E-state index in [1.54, 1.807) is 9.80 Å². The molecule has 0 bridgehead atoms. The Balaban J connectivity index is 1.11. The summed E-state index contributed by atoms with van der Waals surface area (Å²) < 4.78 is 0.872. The highest BCUT2D eigenvalue weighted by Crippen LogP contribution is 2.42. The molecule has 2 saturated heterocycles. The lowest BCUT2D eigenvalue weighted by molar-refractivity contribution is -0.124. The van der Waals surface area contributed by atoms with Crippen molar-refractivity contribution in [2.75, 3.05) is 26.2 Å². The minimum Gasteiger partial charge on any atom is -0.356 e. The van der Waals surface area contributed by atoms with Crippen LogP contribution in [0.25, 0.3) is 0 Å². The summed E-state index contributed by atoms with van der Waals surface area (Å²) in [6.45, 7) is 2.12. The average molecular weight is 697 g/mol. The zero-order chi connectivity index (χ0) is 32.7. The minimum atomic E-state index is -0.257. The summed E-state index contributed by atoms with van der Waals surface area (Å²) in [7, 11) is 0. The van der Waals surface area contributed by atoms with Gasteiger partial charge in [0.1, 0.15) is 8.64 Å². The molecule has 4 rings (SSSR count). The van der Waals surface area contributed by atoms with Gasteiger partial charge in [0.2, 0.25) is 11.8 Å². The van der Waals surface area contributed by atoms with Crippen LogP contribution in [0.1, 0.15) is 62.5 Å². The SMILES string of the molecule is O=C(CCCCCN1C(=O)C(=C2SC(=S)N(CCCCCC(=O)NCCc3ccccc3)C2=O)SC1=S)NCCc1ccccc1. The van der Waals surface area contributed by atoms with Crippen molar-refractivity contribution in [3.05, 3.63) is 81.6 Å². The third-order valence-electron chi connectivity index (χ3n) is 7.63. The molecule has 0 aliphatic carbocycles. The van der Waals surface area contributed by atoms with Gasteiger partial charge in [0.05, 0.1) is 9.81 Å². The van der Waals surface area contributed by atoms with E-state index in [1.165, 1.54) is 11.1 Å². The van der Waals surface area contributed by atoms with E-state index in [0.717, 1.165) is 62.0 Å². The zero-order valence-corrected chi connectivity index (χ0v) is 29.1. The van der Waals surface area contributed by atoms with Crippen LogP contribution in [0.5, 0.6) is 0 Å². The number of carbonyl (C=O) groups is 4. The summed E-state index contributed by atoms with van der Waals surface area (Å²) in [4.78, 5) is 54.5. The molecule has 244 valence electrons. The second-order valence-corrected chi connectivity index (χ2v) is 14.4. The number of amides is 4. The largest absolute Gasteiger partial charge is 0.356 e. The summed E-state index contributed by atoms with van der Waals surface area (Å²) in [5, 5.41) is 5.92. The number of thioether (sulfide) groups is 2. The molecule has 2 fully saturated rings. The molecule has 4 amide bonds. The predicted molar refractivity (Wildman–Crippen MR) is 194 cm³/mol. The Morgan fingerprint density at radius 1 is 0.587 bits per heavy atom. The van der Waals surface area contributed by atoms with Crippen LogP contribution in [0.15, 0.2) is 70.5 Å². The summed E-state index contributed by atoms with van der Waals surface area (Å²) in [5.41, 5.74) is 2.38. The summed E-state index contributed by atoms with van der Waals surface area (Å²) in [6, 6.07) is 20.1. The quantitative estimate of drug-likeness (QED) is 0.116. The van der Waals surface area contributed by atoms with Gasteiger partial charge in [-0.2, -0.15) is 0 Å². The Kier molecular flexibility index (Phi) is 14.7. The van der Waals surface area contributed by atoms with E-state index >= 15 is 0 Å². The summed E-state index contributed by atoms with van der Waals surface area (Å²) in [6.07, 6.45) is 6.94. The molecule has 0 atom stereocenters. The van der Waals surface area contributed by atoms with Gasteiger partial charge in [-0.3, -0.25) is 29.0 Å². The van der Waals surface area contributed by atoms with Gasteiger partial charge in [-0.1, -0.05) is 121 Å². The first kappa shape index (κ1) is 35.8. The fraction of sp³-hybridized carbons (Fsp3) is 0.412. The van der Waals surface area contributed by atoms with Gasteiger partial charge in [-0.15, -0.1) is 0 Å². The van der Waals surface area contributed by atoms with E-state index in [0.29, 0.717) is 70.3 Å². The van der Waals surface area contributed by atoms with Crippen LogP contribution in [0, 0.1) is 0 Å². The molecule has 2 aliphatic rings. The highest BCUT2D eigenvalue weighted by molar-refractivity contribution is 8.29. The van der Waals surface area contributed by atoms with Gasteiger partial charge in [0.25, 0.3) is 11.8 Å². The van der Waals surface area contributed by atoms with E-state index in [4.69, 9.17) is 24.4 Å². The van der Waals surface area contributed by atoms with Gasteiger partial charge in [0.15, 0.2) is 0 Å². The molecule has 8 nitrogen and oxygen atoms in total. The maximum atomic E-state index is 13.2. The van der Waals surface area contributed by atoms with Crippen LogP contribution in [0.4, 0.5) is 0 Å². The van der Waals surface area contributed by atoms with E-state index in [2.05, 4.69) is 10.6 Å². The molecule has 0 radical (unpaired) electrons. The van der Waals surface area contributed by atoms with Crippen LogP contribution < -0.4 is 10.6 Å². The molecule has 46 heavy (non-hydrogen) atoms. The molecule has 2 aromatic carbocycles. The van der Waals surface area contributed by atoms with Crippen molar-refractivity contribution in [3.8, 4) is 0 Å². The molecular weight excluding hydrogens is 657 g/mol. The molecule has 0 saturated carbocycles. The van der Waals surface area contributed by atoms with E-state index in [9.17, 15) is 19.2 Å². The number of benzene rings is 2. The second-order valence-electron chi connectivity index (χ2n) is 11.1. The predicted octanol–water partition coefficient (Wildman–Crippen LogP) is 5.76. The zero-order valence-electron chi connectivity index (χ0n) is 25.8. The maximum Gasteiger partial charge on any atom is 0.267 e. The van der Waals surface area contributed by atoms with E-state index in [1.807, 2.05) is 60.7 Å². The van der Waals surface area contributed by atoms with Gasteiger partial charge in [-0.25, -0.2) is 0 Å². The third-order valence-corrected chi connectivity index (χ3v) is 10.7. The van der Waals surface area contributed by atoms with Crippen molar-refractivity contribution in [2.45, 2.75) is 64.2 Å². The number of unbranched alkanes of at least 4 members (excludes halogenated alkanes) is 4. The molecule has 0 unspecified atom stereocenters. The van der Waals surface area contributed by atoms with Crippen molar-refractivity contribution >= 4 is 80.2 Å². The summed E-state index contributed by atoms with van der Waals surface area (Å²) in [5.74, 6) is -0.452. The molecule has 0 aromatic heterocycles. The summed E-state index contributed by atoms with van der Waals surface area (Å²) >= 11 is 13.3. The first-order valence-corrected chi connectivity index (χ1v) is 18.2. The lowest BCUT2D eigenvalue weighted by atomic mass is 10.1. The van der Waals surface area contributed by atoms with Crippen LogP contribution >= 0.6 is 48.0 Å². The van der Waals surface area contributed by atoms with Crippen molar-refractivity contribution in [3.63, 3.8) is 0 Å². The highest BCUT2D eigenvalue weighted by Gasteiger charge is 2.41. The lowest BCUT2D eigenvalue weighted by Crippen LogP contribution is -2.31. The Morgan fingerprint density at radius 3 is 1.37 bits per heavy atom. The number of carbonyl (C=O) groups excluding carboxylic acids is 4. The fourth-order valence-electron chi connectivity index (χ4n) is 5.08. The third kappa shape index (κ3) is 11.0. The number of nitrogens with zero attached hydrogens (tertiary/aromatic N) is 2. The average Bonchev–Trinajstić information content (AvgIpc) is 3.50. The van der Waals surface area contributed by atoms with Gasteiger partial charge in [-0.05, 0) is 49.7 Å². The molecular formula is C34H40N4O4S4. The van der Waals surface area contributed by atoms with Crippen LogP contribution in [0.2, 0.25) is 0 Å².